The van der Waals surface area contributed by atoms with Crippen LogP contribution in [0, 0.1) is 6.92 Å². The molecule has 27 heavy (non-hydrogen) atoms. The van der Waals surface area contributed by atoms with Crippen molar-refractivity contribution >= 4 is 16.9 Å². The Hall–Kier alpha value is -3.03. The van der Waals surface area contributed by atoms with Crippen LogP contribution in [-0.4, -0.2) is 52.9 Å². The van der Waals surface area contributed by atoms with Crippen molar-refractivity contribution in [2.75, 3.05) is 27.3 Å². The van der Waals surface area contributed by atoms with Gasteiger partial charge in [0.1, 0.15) is 12.7 Å². The summed E-state index contributed by atoms with van der Waals surface area (Å²) in [6, 6.07) is 4.04. The summed E-state index contributed by atoms with van der Waals surface area (Å²) in [5.74, 6) is 1.35. The van der Waals surface area contributed by atoms with E-state index < -0.39 is 0 Å². The van der Waals surface area contributed by atoms with Crippen LogP contribution in [0.2, 0.25) is 0 Å². The number of carbonyl (C=O) groups excluding carboxylic acids is 1. The molecular formula is C19H22N4O4. The molecule has 8 nitrogen and oxygen atoms in total. The van der Waals surface area contributed by atoms with Crippen LogP contribution in [0.25, 0.3) is 11.0 Å². The van der Waals surface area contributed by atoms with Gasteiger partial charge in [0.2, 0.25) is 5.75 Å². The number of furan rings is 1. The number of likely N-dealkylation sites (tertiary alicyclic amines) is 1. The number of benzene rings is 1. The number of amides is 1. The number of fused-ring (bicyclic) bond motifs is 1. The normalized spacial score (nSPS) is 15.3. The third kappa shape index (κ3) is 2.90. The quantitative estimate of drug-likeness (QED) is 0.702. The number of rotatable bonds is 4. The van der Waals surface area contributed by atoms with Gasteiger partial charge in [0.05, 0.1) is 14.2 Å². The van der Waals surface area contributed by atoms with Gasteiger partial charge in [-0.15, -0.1) is 10.2 Å². The highest BCUT2D eigenvalue weighted by atomic mass is 16.5. The molecule has 1 saturated heterocycles. The van der Waals surface area contributed by atoms with Crippen molar-refractivity contribution in [3.63, 3.8) is 0 Å². The maximum Gasteiger partial charge on any atom is 0.289 e. The Balaban J connectivity index is 1.59. The Morgan fingerprint density at radius 1 is 1.15 bits per heavy atom. The molecule has 4 rings (SSSR count). The Morgan fingerprint density at radius 2 is 1.85 bits per heavy atom. The molecule has 0 atom stereocenters. The number of methoxy groups -OCH3 is 2. The molecular weight excluding hydrogens is 348 g/mol. The number of hydrogen-bond donors (Lipinski definition) is 0. The maximum absolute atomic E-state index is 13.1. The smallest absolute Gasteiger partial charge is 0.289 e. The first kappa shape index (κ1) is 17.4. The Bertz CT molecular complexity index is 956. The average Bonchev–Trinajstić information content (AvgIpc) is 3.35. The van der Waals surface area contributed by atoms with E-state index in [9.17, 15) is 4.79 Å². The summed E-state index contributed by atoms with van der Waals surface area (Å²) in [4.78, 5) is 14.9. The Labute approximate surface area is 156 Å². The zero-order valence-electron chi connectivity index (χ0n) is 15.6. The van der Waals surface area contributed by atoms with Crippen LogP contribution in [0.3, 0.4) is 0 Å². The summed E-state index contributed by atoms with van der Waals surface area (Å²) < 4.78 is 18.7. The van der Waals surface area contributed by atoms with Gasteiger partial charge in [-0.05, 0) is 31.9 Å². The largest absolute Gasteiger partial charge is 0.493 e. The fourth-order valence-corrected chi connectivity index (χ4v) is 3.71. The summed E-state index contributed by atoms with van der Waals surface area (Å²) in [5, 5.41) is 8.58. The van der Waals surface area contributed by atoms with Gasteiger partial charge in [-0.3, -0.25) is 4.79 Å². The van der Waals surface area contributed by atoms with Crippen molar-refractivity contribution in [2.24, 2.45) is 0 Å². The fourth-order valence-electron chi connectivity index (χ4n) is 3.71. The van der Waals surface area contributed by atoms with Crippen molar-refractivity contribution < 1.29 is 18.7 Å². The van der Waals surface area contributed by atoms with Crippen LogP contribution >= 0.6 is 0 Å². The molecule has 1 aliphatic heterocycles. The third-order valence-electron chi connectivity index (χ3n) is 5.25. The summed E-state index contributed by atoms with van der Waals surface area (Å²) in [7, 11) is 3.14. The molecule has 3 aromatic rings. The monoisotopic (exact) mass is 370 g/mol. The second kappa shape index (κ2) is 6.94. The van der Waals surface area contributed by atoms with Crippen LogP contribution in [0.1, 0.15) is 35.0 Å². The number of hydrogen-bond acceptors (Lipinski definition) is 6. The predicted octanol–water partition coefficient (Wildman–Crippen LogP) is 2.83. The van der Waals surface area contributed by atoms with Gasteiger partial charge >= 0.3 is 0 Å². The fraction of sp³-hybridized carbons (Fsp3) is 0.421. The molecule has 0 unspecified atom stereocenters. The van der Waals surface area contributed by atoms with Gasteiger partial charge in [0.25, 0.3) is 5.91 Å². The molecule has 0 bridgehead atoms. The zero-order chi connectivity index (χ0) is 19.0. The average molecular weight is 370 g/mol. The van der Waals surface area contributed by atoms with Crippen LogP contribution in [-0.2, 0) is 0 Å². The van der Waals surface area contributed by atoms with Crippen molar-refractivity contribution in [3.8, 4) is 11.5 Å². The Kier molecular flexibility index (Phi) is 4.47. The molecule has 3 heterocycles. The van der Waals surface area contributed by atoms with Crippen molar-refractivity contribution in [2.45, 2.75) is 25.8 Å². The highest BCUT2D eigenvalue weighted by molar-refractivity contribution is 6.00. The van der Waals surface area contributed by atoms with Gasteiger partial charge in [-0.1, -0.05) is 0 Å². The Morgan fingerprint density at radius 3 is 2.48 bits per heavy atom. The van der Waals surface area contributed by atoms with E-state index in [-0.39, 0.29) is 5.91 Å². The lowest BCUT2D eigenvalue weighted by Gasteiger charge is -2.31. The zero-order valence-corrected chi connectivity index (χ0v) is 15.6. The van der Waals surface area contributed by atoms with Gasteiger partial charge in [-0.25, -0.2) is 0 Å². The molecule has 1 fully saturated rings. The molecule has 2 aromatic heterocycles. The molecule has 142 valence electrons. The number of ether oxygens (including phenoxy) is 2. The number of piperidine rings is 1. The van der Waals surface area contributed by atoms with Crippen LogP contribution < -0.4 is 9.47 Å². The topological polar surface area (TPSA) is 82.6 Å². The highest BCUT2D eigenvalue weighted by Crippen LogP contribution is 2.39. The predicted molar refractivity (Wildman–Crippen MR) is 98.3 cm³/mol. The van der Waals surface area contributed by atoms with E-state index in [0.717, 1.165) is 23.8 Å². The second-order valence-electron chi connectivity index (χ2n) is 6.67. The second-order valence-corrected chi connectivity index (χ2v) is 6.67. The van der Waals surface area contributed by atoms with E-state index in [4.69, 9.17) is 13.9 Å². The molecule has 1 aliphatic rings. The SMILES string of the molecule is COc1ccc2c(C)c(C(=O)N3CCC(n4cnnc4)CC3)oc2c1OC. The summed E-state index contributed by atoms with van der Waals surface area (Å²) in [6.45, 7) is 3.23. The maximum atomic E-state index is 13.1. The third-order valence-corrected chi connectivity index (χ3v) is 5.25. The van der Waals surface area contributed by atoms with E-state index in [0.29, 0.717) is 42.0 Å². The van der Waals surface area contributed by atoms with Crippen LogP contribution in [0.5, 0.6) is 11.5 Å². The standard InChI is InChI=1S/C19H22N4O4/c1-12-14-4-5-15(25-2)18(26-3)17(14)27-16(12)19(24)22-8-6-13(7-9-22)23-10-20-21-11-23/h4-5,10-11,13H,6-9H2,1-3H3. The number of aryl methyl sites for hydroxylation is 1. The van der Waals surface area contributed by atoms with Gasteiger partial charge < -0.3 is 23.4 Å². The molecule has 1 amide bonds. The minimum Gasteiger partial charge on any atom is -0.493 e. The summed E-state index contributed by atoms with van der Waals surface area (Å²) in [5.41, 5.74) is 1.36. The molecule has 0 radical (unpaired) electrons. The highest BCUT2D eigenvalue weighted by Gasteiger charge is 2.29. The van der Waals surface area contributed by atoms with Crippen molar-refractivity contribution in [1.82, 2.24) is 19.7 Å². The summed E-state index contributed by atoms with van der Waals surface area (Å²) in [6.07, 6.45) is 5.18. The lowest BCUT2D eigenvalue weighted by atomic mass is 10.0. The first-order valence-electron chi connectivity index (χ1n) is 8.91. The van der Waals surface area contributed by atoms with Crippen LogP contribution in [0.4, 0.5) is 0 Å². The van der Waals surface area contributed by atoms with Gasteiger partial charge in [0.15, 0.2) is 17.1 Å². The van der Waals surface area contributed by atoms with E-state index in [1.807, 2.05) is 28.5 Å². The van der Waals surface area contributed by atoms with Gasteiger partial charge in [0, 0.05) is 30.1 Å². The molecule has 0 N–H and O–H groups in total. The first-order valence-corrected chi connectivity index (χ1v) is 8.91. The first-order chi connectivity index (χ1) is 13.1. The molecule has 0 spiro atoms. The van der Waals surface area contributed by atoms with Gasteiger partial charge in [-0.2, -0.15) is 0 Å². The molecule has 0 aliphatic carbocycles. The van der Waals surface area contributed by atoms with E-state index in [1.165, 1.54) is 0 Å². The number of nitrogens with zero attached hydrogens (tertiary/aromatic N) is 4. The molecule has 8 heteroatoms. The lowest BCUT2D eigenvalue weighted by molar-refractivity contribution is 0.0663. The minimum atomic E-state index is -0.0908. The van der Waals surface area contributed by atoms with Crippen molar-refractivity contribution in [3.05, 3.63) is 36.1 Å². The van der Waals surface area contributed by atoms with Crippen molar-refractivity contribution in [1.29, 1.82) is 0 Å². The number of aromatic nitrogens is 3. The lowest BCUT2D eigenvalue weighted by Crippen LogP contribution is -2.39. The summed E-state index contributed by atoms with van der Waals surface area (Å²) >= 11 is 0. The van der Waals surface area contributed by atoms with E-state index >= 15 is 0 Å². The molecule has 0 saturated carbocycles. The van der Waals surface area contributed by atoms with E-state index in [2.05, 4.69) is 10.2 Å². The minimum absolute atomic E-state index is 0.0908. The van der Waals surface area contributed by atoms with Crippen LogP contribution in [0.15, 0.2) is 29.2 Å². The number of carbonyl (C=O) groups is 1. The molecule has 1 aromatic carbocycles. The van der Waals surface area contributed by atoms with E-state index in [1.54, 1.807) is 26.9 Å².